The summed E-state index contributed by atoms with van der Waals surface area (Å²) in [5.41, 5.74) is 2.97. The third-order valence-corrected chi connectivity index (χ3v) is 4.82. The van der Waals surface area contributed by atoms with Crippen LogP contribution in [0.1, 0.15) is 11.1 Å². The van der Waals surface area contributed by atoms with Gasteiger partial charge in [0.25, 0.3) is 0 Å². The highest BCUT2D eigenvalue weighted by atomic mass is 16.3. The normalized spacial score (nSPS) is 14.4. The van der Waals surface area contributed by atoms with E-state index in [0.717, 1.165) is 30.2 Å². The highest BCUT2D eigenvalue weighted by Gasteiger charge is 2.22. The first-order valence-corrected chi connectivity index (χ1v) is 9.15. The van der Waals surface area contributed by atoms with E-state index in [9.17, 15) is 4.79 Å². The van der Waals surface area contributed by atoms with Gasteiger partial charge in [-0.15, -0.1) is 10.2 Å². The quantitative estimate of drug-likeness (QED) is 0.714. The molecule has 0 saturated carbocycles. The molecule has 0 atom stereocenters. The molecule has 6 heteroatoms. The zero-order chi connectivity index (χ0) is 18.6. The van der Waals surface area contributed by atoms with E-state index in [-0.39, 0.29) is 5.91 Å². The molecule has 0 bridgehead atoms. The number of furan rings is 1. The molecule has 6 nitrogen and oxygen atoms in total. The van der Waals surface area contributed by atoms with Crippen LogP contribution < -0.4 is 4.90 Å². The van der Waals surface area contributed by atoms with Gasteiger partial charge in [-0.05, 0) is 36.8 Å². The van der Waals surface area contributed by atoms with Crippen molar-refractivity contribution in [1.82, 2.24) is 15.1 Å². The van der Waals surface area contributed by atoms with Crippen LogP contribution >= 0.6 is 0 Å². The van der Waals surface area contributed by atoms with Crippen LogP contribution in [0.2, 0.25) is 0 Å². The molecule has 0 spiro atoms. The van der Waals surface area contributed by atoms with Crippen LogP contribution in [0.5, 0.6) is 0 Å². The summed E-state index contributed by atoms with van der Waals surface area (Å²) in [5, 5.41) is 8.57. The third kappa shape index (κ3) is 4.00. The molecule has 1 fully saturated rings. The molecule has 138 valence electrons. The smallest absolute Gasteiger partial charge is 0.227 e. The fraction of sp³-hybridized carbons (Fsp3) is 0.286. The molecule has 1 aliphatic heterocycles. The van der Waals surface area contributed by atoms with Gasteiger partial charge in [-0.25, -0.2) is 0 Å². The first-order valence-electron chi connectivity index (χ1n) is 9.15. The predicted octanol–water partition coefficient (Wildman–Crippen LogP) is 2.94. The number of carbonyl (C=O) groups is 1. The molecule has 1 aliphatic rings. The average molecular weight is 362 g/mol. The minimum Gasteiger partial charge on any atom is -0.463 e. The van der Waals surface area contributed by atoms with E-state index in [1.54, 1.807) is 6.26 Å². The fourth-order valence-corrected chi connectivity index (χ4v) is 3.34. The van der Waals surface area contributed by atoms with Crippen molar-refractivity contribution in [2.45, 2.75) is 13.3 Å². The lowest BCUT2D eigenvalue weighted by Gasteiger charge is -2.35. The zero-order valence-electron chi connectivity index (χ0n) is 15.3. The number of benzene rings is 1. The second-order valence-electron chi connectivity index (χ2n) is 6.79. The zero-order valence-corrected chi connectivity index (χ0v) is 15.3. The van der Waals surface area contributed by atoms with Crippen LogP contribution in [0.25, 0.3) is 11.5 Å². The van der Waals surface area contributed by atoms with Crippen molar-refractivity contribution < 1.29 is 9.21 Å². The summed E-state index contributed by atoms with van der Waals surface area (Å²) in [6.07, 6.45) is 2.08. The number of anilines is 1. The third-order valence-electron chi connectivity index (χ3n) is 4.82. The summed E-state index contributed by atoms with van der Waals surface area (Å²) >= 11 is 0. The van der Waals surface area contributed by atoms with Crippen LogP contribution in [0.15, 0.2) is 59.2 Å². The second kappa shape index (κ2) is 7.61. The van der Waals surface area contributed by atoms with Gasteiger partial charge in [0.1, 0.15) is 5.69 Å². The number of hydrogen-bond donors (Lipinski definition) is 0. The van der Waals surface area contributed by atoms with Gasteiger partial charge in [-0.3, -0.25) is 4.79 Å². The van der Waals surface area contributed by atoms with Gasteiger partial charge < -0.3 is 14.2 Å². The van der Waals surface area contributed by atoms with Gasteiger partial charge in [0.15, 0.2) is 11.6 Å². The number of hydrogen-bond acceptors (Lipinski definition) is 5. The Balaban J connectivity index is 1.34. The number of nitrogens with zero attached hydrogens (tertiary/aromatic N) is 4. The van der Waals surface area contributed by atoms with Crippen molar-refractivity contribution in [3.05, 3.63) is 65.9 Å². The lowest BCUT2D eigenvalue weighted by atomic mass is 10.1. The highest BCUT2D eigenvalue weighted by Crippen LogP contribution is 2.19. The number of piperazine rings is 1. The first kappa shape index (κ1) is 17.3. The Morgan fingerprint density at radius 3 is 2.56 bits per heavy atom. The summed E-state index contributed by atoms with van der Waals surface area (Å²) in [6, 6.07) is 15.7. The van der Waals surface area contributed by atoms with E-state index in [4.69, 9.17) is 4.42 Å². The van der Waals surface area contributed by atoms with Gasteiger partial charge in [-0.2, -0.15) is 0 Å². The Hall–Kier alpha value is -3.15. The van der Waals surface area contributed by atoms with E-state index < -0.39 is 0 Å². The van der Waals surface area contributed by atoms with Crippen molar-refractivity contribution in [2.24, 2.45) is 0 Å². The van der Waals surface area contributed by atoms with Gasteiger partial charge in [-0.1, -0.05) is 29.8 Å². The van der Waals surface area contributed by atoms with Crippen molar-refractivity contribution >= 4 is 11.7 Å². The molecule has 0 aliphatic carbocycles. The Labute approximate surface area is 158 Å². The van der Waals surface area contributed by atoms with Gasteiger partial charge in [0.05, 0.1) is 12.7 Å². The van der Waals surface area contributed by atoms with Crippen molar-refractivity contribution in [3.8, 4) is 11.5 Å². The molecule has 1 saturated heterocycles. The Bertz CT molecular complexity index is 898. The number of carbonyl (C=O) groups excluding carboxylic acids is 1. The van der Waals surface area contributed by atoms with Crippen molar-refractivity contribution in [1.29, 1.82) is 0 Å². The number of aromatic nitrogens is 2. The molecule has 0 N–H and O–H groups in total. The lowest BCUT2D eigenvalue weighted by Crippen LogP contribution is -2.49. The average Bonchev–Trinajstić information content (AvgIpc) is 3.23. The van der Waals surface area contributed by atoms with Gasteiger partial charge in [0, 0.05) is 26.2 Å². The summed E-state index contributed by atoms with van der Waals surface area (Å²) < 4.78 is 5.34. The van der Waals surface area contributed by atoms with Crippen LogP contribution in [0, 0.1) is 6.92 Å². The molecule has 2 aromatic heterocycles. The SMILES string of the molecule is Cc1cccc(CC(=O)N2CCN(c3ccc(-c4ccco4)nn3)CC2)c1. The number of rotatable bonds is 4. The van der Waals surface area contributed by atoms with E-state index in [2.05, 4.69) is 21.2 Å². The van der Waals surface area contributed by atoms with Crippen LogP contribution in [-0.4, -0.2) is 47.2 Å². The molecule has 0 radical (unpaired) electrons. The molecule has 0 unspecified atom stereocenters. The largest absolute Gasteiger partial charge is 0.463 e. The maximum Gasteiger partial charge on any atom is 0.227 e. The summed E-state index contributed by atoms with van der Waals surface area (Å²) in [4.78, 5) is 16.7. The molecular weight excluding hydrogens is 340 g/mol. The maximum absolute atomic E-state index is 12.6. The monoisotopic (exact) mass is 362 g/mol. The Morgan fingerprint density at radius 1 is 1.04 bits per heavy atom. The van der Waals surface area contributed by atoms with Crippen LogP contribution in [-0.2, 0) is 11.2 Å². The van der Waals surface area contributed by atoms with E-state index in [0.29, 0.717) is 25.3 Å². The molecular formula is C21H22N4O2. The van der Waals surface area contributed by atoms with E-state index in [1.165, 1.54) is 5.56 Å². The second-order valence-corrected chi connectivity index (χ2v) is 6.79. The Kier molecular flexibility index (Phi) is 4.87. The molecule has 3 heterocycles. The predicted molar refractivity (Wildman–Crippen MR) is 103 cm³/mol. The molecule has 3 aromatic rings. The fourth-order valence-electron chi connectivity index (χ4n) is 3.34. The topological polar surface area (TPSA) is 62.5 Å². The maximum atomic E-state index is 12.6. The number of amides is 1. The highest BCUT2D eigenvalue weighted by molar-refractivity contribution is 5.79. The van der Waals surface area contributed by atoms with Crippen molar-refractivity contribution in [2.75, 3.05) is 31.1 Å². The van der Waals surface area contributed by atoms with Crippen molar-refractivity contribution in [3.63, 3.8) is 0 Å². The summed E-state index contributed by atoms with van der Waals surface area (Å²) in [5.74, 6) is 1.72. The van der Waals surface area contributed by atoms with E-state index in [1.807, 2.05) is 54.3 Å². The van der Waals surface area contributed by atoms with Crippen LogP contribution in [0.4, 0.5) is 5.82 Å². The molecule has 4 rings (SSSR count). The molecule has 1 aromatic carbocycles. The minimum absolute atomic E-state index is 0.180. The van der Waals surface area contributed by atoms with Gasteiger partial charge in [0.2, 0.25) is 5.91 Å². The lowest BCUT2D eigenvalue weighted by molar-refractivity contribution is -0.130. The molecule has 27 heavy (non-hydrogen) atoms. The Morgan fingerprint density at radius 2 is 1.89 bits per heavy atom. The summed E-state index contributed by atoms with van der Waals surface area (Å²) in [6.45, 7) is 4.96. The minimum atomic E-state index is 0.180. The van der Waals surface area contributed by atoms with Gasteiger partial charge >= 0.3 is 0 Å². The molecule has 1 amide bonds. The van der Waals surface area contributed by atoms with Crippen LogP contribution in [0.3, 0.4) is 0 Å². The standard InChI is InChI=1S/C21H22N4O2/c1-16-4-2-5-17(14-16)15-21(26)25-11-9-24(10-12-25)20-8-7-18(22-23-20)19-6-3-13-27-19/h2-8,13-14H,9-12,15H2,1H3. The number of aryl methyl sites for hydroxylation is 1. The summed E-state index contributed by atoms with van der Waals surface area (Å²) in [7, 11) is 0. The van der Waals surface area contributed by atoms with E-state index >= 15 is 0 Å². The first-order chi connectivity index (χ1) is 13.2.